The summed E-state index contributed by atoms with van der Waals surface area (Å²) < 4.78 is 0. The molecule has 0 saturated carbocycles. The van der Waals surface area contributed by atoms with Crippen molar-refractivity contribution in [2.45, 2.75) is 32.7 Å². The summed E-state index contributed by atoms with van der Waals surface area (Å²) in [4.78, 5) is 28.6. The van der Waals surface area contributed by atoms with Crippen LogP contribution in [0.25, 0.3) is 0 Å². The second kappa shape index (κ2) is 6.94. The van der Waals surface area contributed by atoms with Gasteiger partial charge in [0.25, 0.3) is 5.91 Å². The Morgan fingerprint density at radius 1 is 1.33 bits per heavy atom. The predicted octanol–water partition coefficient (Wildman–Crippen LogP) is 2.81. The Morgan fingerprint density at radius 2 is 2.05 bits per heavy atom. The highest BCUT2D eigenvalue weighted by Gasteiger charge is 2.36. The van der Waals surface area contributed by atoms with Crippen molar-refractivity contribution in [2.75, 3.05) is 19.6 Å². The molecule has 1 aliphatic rings. The average molecular weight is 309 g/mol. The van der Waals surface area contributed by atoms with Crippen LogP contribution in [0.1, 0.15) is 37.0 Å². The number of benzene rings is 1. The van der Waals surface area contributed by atoms with Crippen LogP contribution in [0.3, 0.4) is 0 Å². The molecule has 114 valence electrons. The molecule has 2 amide bonds. The Kier molecular flexibility index (Phi) is 5.23. The van der Waals surface area contributed by atoms with Crippen molar-refractivity contribution < 1.29 is 9.59 Å². The van der Waals surface area contributed by atoms with Crippen molar-refractivity contribution in [1.29, 1.82) is 0 Å². The maximum atomic E-state index is 12.6. The van der Waals surface area contributed by atoms with Crippen molar-refractivity contribution in [1.82, 2.24) is 9.80 Å². The van der Waals surface area contributed by atoms with E-state index in [-0.39, 0.29) is 17.9 Å². The number of rotatable bonds is 4. The fraction of sp³-hybridized carbons (Fsp3) is 0.500. The van der Waals surface area contributed by atoms with Gasteiger partial charge in [0, 0.05) is 30.2 Å². The first kappa shape index (κ1) is 15.8. The maximum absolute atomic E-state index is 12.6. The molecule has 0 radical (unpaired) electrons. The highest BCUT2D eigenvalue weighted by Crippen LogP contribution is 2.23. The van der Waals surface area contributed by atoms with E-state index in [1.165, 1.54) is 0 Å². The molecule has 0 bridgehead atoms. The van der Waals surface area contributed by atoms with Crippen LogP contribution in [-0.2, 0) is 4.79 Å². The van der Waals surface area contributed by atoms with Gasteiger partial charge in [0.1, 0.15) is 6.04 Å². The molecule has 5 heteroatoms. The molecule has 1 aromatic carbocycles. The Bertz CT molecular complexity index is 529. The second-order valence-electron chi connectivity index (χ2n) is 5.18. The smallest absolute Gasteiger partial charge is 0.254 e. The van der Waals surface area contributed by atoms with Crippen molar-refractivity contribution in [3.63, 3.8) is 0 Å². The molecule has 0 aliphatic carbocycles. The molecule has 0 N–H and O–H groups in total. The van der Waals surface area contributed by atoms with E-state index in [2.05, 4.69) is 0 Å². The van der Waals surface area contributed by atoms with E-state index in [1.54, 1.807) is 34.1 Å². The minimum Gasteiger partial charge on any atom is -0.341 e. The molecule has 1 aliphatic heterocycles. The van der Waals surface area contributed by atoms with Crippen LogP contribution in [0.5, 0.6) is 0 Å². The summed E-state index contributed by atoms with van der Waals surface area (Å²) in [5, 5.41) is 0.534. The van der Waals surface area contributed by atoms with E-state index >= 15 is 0 Å². The first-order valence-corrected chi connectivity index (χ1v) is 7.81. The third-order valence-electron chi connectivity index (χ3n) is 3.95. The number of amides is 2. The minimum absolute atomic E-state index is 0.0490. The third-order valence-corrected chi connectivity index (χ3v) is 4.18. The SMILES string of the molecule is CCN(CC)C(=O)[C@@H]1CCCN1C(=O)c1cccc(Cl)c1. The standard InChI is InChI=1S/C16H21ClN2O2/c1-3-18(4-2)16(21)14-9-6-10-19(14)15(20)12-7-5-8-13(17)11-12/h5,7-8,11,14H,3-4,6,9-10H2,1-2H3/t14-/m0/s1. The molecule has 21 heavy (non-hydrogen) atoms. The van der Waals surface area contributed by atoms with E-state index in [9.17, 15) is 9.59 Å². The number of hydrogen-bond donors (Lipinski definition) is 0. The molecule has 1 fully saturated rings. The van der Waals surface area contributed by atoms with Crippen molar-refractivity contribution >= 4 is 23.4 Å². The largest absolute Gasteiger partial charge is 0.341 e. The molecular formula is C16H21ClN2O2. The third kappa shape index (κ3) is 3.38. The van der Waals surface area contributed by atoms with Crippen LogP contribution in [0, 0.1) is 0 Å². The maximum Gasteiger partial charge on any atom is 0.254 e. The van der Waals surface area contributed by atoms with Gasteiger partial charge in [-0.15, -0.1) is 0 Å². The van der Waals surface area contributed by atoms with Gasteiger partial charge in [-0.05, 0) is 44.9 Å². The number of halogens is 1. The van der Waals surface area contributed by atoms with E-state index in [1.807, 2.05) is 13.8 Å². The van der Waals surface area contributed by atoms with E-state index in [0.717, 1.165) is 12.8 Å². The number of hydrogen-bond acceptors (Lipinski definition) is 2. The molecule has 1 atom stereocenters. The Labute approximate surface area is 130 Å². The van der Waals surface area contributed by atoms with Crippen molar-refractivity contribution in [3.05, 3.63) is 34.9 Å². The predicted molar refractivity (Wildman–Crippen MR) is 83.4 cm³/mol. The van der Waals surface area contributed by atoms with Crippen molar-refractivity contribution in [3.8, 4) is 0 Å². The Morgan fingerprint density at radius 3 is 2.67 bits per heavy atom. The summed E-state index contributed by atoms with van der Waals surface area (Å²) in [6, 6.07) is 6.55. The normalized spacial score (nSPS) is 17.9. The molecule has 0 aromatic heterocycles. The molecular weight excluding hydrogens is 288 g/mol. The average Bonchev–Trinajstić information content (AvgIpc) is 2.97. The zero-order valence-electron chi connectivity index (χ0n) is 12.5. The van der Waals surface area contributed by atoms with Crippen LogP contribution < -0.4 is 0 Å². The fourth-order valence-corrected chi connectivity index (χ4v) is 2.99. The van der Waals surface area contributed by atoms with Gasteiger partial charge >= 0.3 is 0 Å². The van der Waals surface area contributed by atoms with E-state index in [4.69, 9.17) is 11.6 Å². The molecule has 0 spiro atoms. The van der Waals surface area contributed by atoms with E-state index in [0.29, 0.717) is 30.2 Å². The van der Waals surface area contributed by atoms with E-state index < -0.39 is 0 Å². The first-order valence-electron chi connectivity index (χ1n) is 7.43. The van der Waals surface area contributed by atoms with Gasteiger partial charge in [0.2, 0.25) is 5.91 Å². The zero-order chi connectivity index (χ0) is 15.4. The van der Waals surface area contributed by atoms with Gasteiger partial charge in [0.05, 0.1) is 0 Å². The Hall–Kier alpha value is -1.55. The quantitative estimate of drug-likeness (QED) is 0.858. The first-order chi connectivity index (χ1) is 10.1. The lowest BCUT2D eigenvalue weighted by molar-refractivity contribution is -0.134. The lowest BCUT2D eigenvalue weighted by Gasteiger charge is -2.29. The lowest BCUT2D eigenvalue weighted by atomic mass is 10.1. The molecule has 1 saturated heterocycles. The van der Waals surface area contributed by atoms with Gasteiger partial charge in [0.15, 0.2) is 0 Å². The summed E-state index contributed by atoms with van der Waals surface area (Å²) in [7, 11) is 0. The molecule has 2 rings (SSSR count). The van der Waals surface area contributed by atoms with Crippen LogP contribution in [0.4, 0.5) is 0 Å². The van der Waals surface area contributed by atoms with Gasteiger partial charge < -0.3 is 9.80 Å². The minimum atomic E-state index is -0.337. The topological polar surface area (TPSA) is 40.6 Å². The van der Waals surface area contributed by atoms with Gasteiger partial charge in [-0.25, -0.2) is 0 Å². The summed E-state index contributed by atoms with van der Waals surface area (Å²) in [6.07, 6.45) is 1.60. The molecule has 0 unspecified atom stereocenters. The monoisotopic (exact) mass is 308 g/mol. The highest BCUT2D eigenvalue weighted by atomic mass is 35.5. The molecule has 1 aromatic rings. The van der Waals surface area contributed by atoms with Crippen LogP contribution in [-0.4, -0.2) is 47.3 Å². The zero-order valence-corrected chi connectivity index (χ0v) is 13.3. The van der Waals surface area contributed by atoms with Crippen LogP contribution in [0.15, 0.2) is 24.3 Å². The van der Waals surface area contributed by atoms with Crippen molar-refractivity contribution in [2.24, 2.45) is 0 Å². The van der Waals surface area contributed by atoms with Gasteiger partial charge in [-0.1, -0.05) is 17.7 Å². The number of likely N-dealkylation sites (N-methyl/N-ethyl adjacent to an activating group) is 1. The summed E-state index contributed by atoms with van der Waals surface area (Å²) >= 11 is 5.94. The van der Waals surface area contributed by atoms with Gasteiger partial charge in [-0.2, -0.15) is 0 Å². The lowest BCUT2D eigenvalue weighted by Crippen LogP contribution is -2.47. The molecule has 1 heterocycles. The van der Waals surface area contributed by atoms with Crippen LogP contribution in [0.2, 0.25) is 5.02 Å². The number of nitrogens with zero attached hydrogens (tertiary/aromatic N) is 2. The summed E-state index contributed by atoms with van der Waals surface area (Å²) in [5.41, 5.74) is 0.543. The number of carbonyl (C=O) groups is 2. The number of carbonyl (C=O) groups excluding carboxylic acids is 2. The summed E-state index contributed by atoms with van der Waals surface area (Å²) in [6.45, 7) is 5.89. The number of likely N-dealkylation sites (tertiary alicyclic amines) is 1. The Balaban J connectivity index is 2.18. The highest BCUT2D eigenvalue weighted by molar-refractivity contribution is 6.31. The summed E-state index contributed by atoms with van der Waals surface area (Å²) in [5.74, 6) is -0.0617. The second-order valence-corrected chi connectivity index (χ2v) is 5.61. The van der Waals surface area contributed by atoms with Gasteiger partial charge in [-0.3, -0.25) is 9.59 Å². The van der Waals surface area contributed by atoms with Crippen LogP contribution >= 0.6 is 11.6 Å². The molecule has 4 nitrogen and oxygen atoms in total. The fourth-order valence-electron chi connectivity index (χ4n) is 2.80.